The van der Waals surface area contributed by atoms with Crippen molar-refractivity contribution in [2.45, 2.75) is 38.1 Å². The van der Waals surface area contributed by atoms with Crippen molar-refractivity contribution in [3.63, 3.8) is 0 Å². The van der Waals surface area contributed by atoms with Gasteiger partial charge < -0.3 is 9.30 Å². The number of rotatable bonds is 10. The summed E-state index contributed by atoms with van der Waals surface area (Å²) in [6.07, 6.45) is 1.09. The fourth-order valence-electron chi connectivity index (χ4n) is 2.98. The Labute approximate surface area is 188 Å². The van der Waals surface area contributed by atoms with Gasteiger partial charge in [-0.15, -0.1) is 11.8 Å². The molecule has 9 heteroatoms. The van der Waals surface area contributed by atoms with E-state index in [0.29, 0.717) is 36.5 Å². The third kappa shape index (κ3) is 6.49. The molecular formula is C22H25N3O4S2. The van der Waals surface area contributed by atoms with Crippen molar-refractivity contribution in [1.29, 1.82) is 0 Å². The first-order valence-electron chi connectivity index (χ1n) is 10.1. The predicted molar refractivity (Wildman–Crippen MR) is 125 cm³/mol. The Morgan fingerprint density at radius 2 is 2.03 bits per heavy atom. The van der Waals surface area contributed by atoms with Crippen LogP contribution in [0.15, 0.2) is 52.4 Å². The summed E-state index contributed by atoms with van der Waals surface area (Å²) < 4.78 is 8.13. The number of amides is 1. The highest BCUT2D eigenvalue weighted by Gasteiger charge is 2.13. The molecule has 0 unspecified atom stereocenters. The van der Waals surface area contributed by atoms with E-state index in [1.807, 2.05) is 11.5 Å². The highest BCUT2D eigenvalue weighted by molar-refractivity contribution is 7.99. The number of non-ortho nitro benzene ring substituents is 1. The van der Waals surface area contributed by atoms with Crippen molar-refractivity contribution in [3.05, 3.63) is 62.9 Å². The second kappa shape index (κ2) is 11.2. The van der Waals surface area contributed by atoms with Gasteiger partial charge in [0.1, 0.15) is 0 Å². The van der Waals surface area contributed by atoms with E-state index in [2.05, 4.69) is 36.2 Å². The Morgan fingerprint density at radius 1 is 1.26 bits per heavy atom. The number of hydrogen-bond acceptors (Lipinski definition) is 6. The maximum Gasteiger partial charge on any atom is 0.271 e. The van der Waals surface area contributed by atoms with E-state index < -0.39 is 4.92 Å². The lowest BCUT2D eigenvalue weighted by Gasteiger charge is -2.05. The first-order valence-corrected chi connectivity index (χ1v) is 11.9. The second-order valence-electron chi connectivity index (χ2n) is 6.91. The number of aromatic nitrogens is 1. The van der Waals surface area contributed by atoms with Gasteiger partial charge in [0, 0.05) is 36.6 Å². The van der Waals surface area contributed by atoms with Crippen LogP contribution in [0.2, 0.25) is 0 Å². The number of carbonyl (C=O) groups is 1. The number of thiazole rings is 1. The molecule has 2 aromatic carbocycles. The Balaban J connectivity index is 1.72. The zero-order chi connectivity index (χ0) is 22.2. The van der Waals surface area contributed by atoms with Crippen LogP contribution in [0.1, 0.15) is 25.3 Å². The fourth-order valence-corrected chi connectivity index (χ4v) is 4.89. The van der Waals surface area contributed by atoms with Gasteiger partial charge in [-0.3, -0.25) is 14.9 Å². The summed E-state index contributed by atoms with van der Waals surface area (Å²) in [6.45, 7) is 5.46. The number of nitrogens with zero attached hydrogens (tertiary/aromatic N) is 3. The minimum atomic E-state index is -0.419. The first-order chi connectivity index (χ1) is 15.0. The van der Waals surface area contributed by atoms with Gasteiger partial charge in [-0.05, 0) is 44.2 Å². The van der Waals surface area contributed by atoms with Crippen LogP contribution >= 0.6 is 23.1 Å². The molecular weight excluding hydrogens is 434 g/mol. The number of nitro benzene ring substituents is 1. The zero-order valence-corrected chi connectivity index (χ0v) is 19.2. The van der Waals surface area contributed by atoms with Gasteiger partial charge in [-0.25, -0.2) is 0 Å². The summed E-state index contributed by atoms with van der Waals surface area (Å²) >= 11 is 3.09. The van der Waals surface area contributed by atoms with Crippen molar-refractivity contribution in [3.8, 4) is 0 Å². The minimum absolute atomic E-state index is 0.0152. The fraction of sp³-hybridized carbons (Fsp3) is 0.364. The van der Waals surface area contributed by atoms with Crippen molar-refractivity contribution >= 4 is 44.9 Å². The van der Waals surface area contributed by atoms with Crippen LogP contribution in [0.5, 0.6) is 0 Å². The van der Waals surface area contributed by atoms with Crippen molar-refractivity contribution in [2.24, 2.45) is 4.99 Å². The van der Waals surface area contributed by atoms with Crippen LogP contribution in [0.25, 0.3) is 10.2 Å². The highest BCUT2D eigenvalue weighted by atomic mass is 32.2. The molecule has 0 bridgehead atoms. The smallest absolute Gasteiger partial charge is 0.271 e. The van der Waals surface area contributed by atoms with Crippen LogP contribution < -0.4 is 4.80 Å². The highest BCUT2D eigenvalue weighted by Crippen LogP contribution is 2.23. The summed E-state index contributed by atoms with van der Waals surface area (Å²) in [6, 6.07) is 13.0. The lowest BCUT2D eigenvalue weighted by Crippen LogP contribution is -2.19. The topological polar surface area (TPSA) is 86.7 Å². The summed E-state index contributed by atoms with van der Waals surface area (Å²) in [4.78, 5) is 29.3. The van der Waals surface area contributed by atoms with Crippen LogP contribution in [0, 0.1) is 17.0 Å². The molecule has 0 aliphatic carbocycles. The van der Waals surface area contributed by atoms with Gasteiger partial charge in [-0.2, -0.15) is 4.99 Å². The third-order valence-corrected chi connectivity index (χ3v) is 6.74. The monoisotopic (exact) mass is 459 g/mol. The summed E-state index contributed by atoms with van der Waals surface area (Å²) in [5.74, 6) is 0.656. The van der Waals surface area contributed by atoms with Gasteiger partial charge in [0.05, 0.1) is 21.7 Å². The molecule has 0 N–H and O–H groups in total. The third-order valence-electron chi connectivity index (χ3n) is 4.58. The van der Waals surface area contributed by atoms with E-state index >= 15 is 0 Å². The van der Waals surface area contributed by atoms with E-state index in [4.69, 9.17) is 4.74 Å². The number of carbonyl (C=O) groups excluding carboxylic acids is 1. The number of fused-ring (bicyclic) bond motifs is 1. The standard InChI is InChI=1S/C22H25N3O4S2/c1-3-29-13-12-24-19-15-17(25(27)28)8-11-20(19)31-22(24)23-21(26)5-4-14-30-18-9-6-16(2)7-10-18/h6-11,15H,3-5,12-14H2,1-2H3. The number of benzene rings is 2. The largest absolute Gasteiger partial charge is 0.380 e. The molecule has 31 heavy (non-hydrogen) atoms. The maximum absolute atomic E-state index is 12.5. The molecule has 0 radical (unpaired) electrons. The summed E-state index contributed by atoms with van der Waals surface area (Å²) in [5, 5.41) is 11.2. The lowest BCUT2D eigenvalue weighted by molar-refractivity contribution is -0.384. The van der Waals surface area contributed by atoms with Gasteiger partial charge >= 0.3 is 0 Å². The van der Waals surface area contributed by atoms with Gasteiger partial charge in [0.2, 0.25) is 5.91 Å². The van der Waals surface area contributed by atoms with E-state index in [1.54, 1.807) is 17.8 Å². The number of nitro groups is 1. The quantitative estimate of drug-likeness (QED) is 0.185. The normalized spacial score (nSPS) is 11.9. The van der Waals surface area contributed by atoms with E-state index in [1.165, 1.54) is 33.9 Å². The second-order valence-corrected chi connectivity index (χ2v) is 9.09. The Morgan fingerprint density at radius 3 is 2.74 bits per heavy atom. The molecule has 0 fully saturated rings. The predicted octanol–water partition coefficient (Wildman–Crippen LogP) is 4.96. The Bertz CT molecular complexity index is 1120. The SMILES string of the molecule is CCOCCn1c(=NC(=O)CCCSc2ccc(C)cc2)sc2ccc([N+](=O)[O-])cc21. The number of thioether (sulfide) groups is 1. The van der Waals surface area contributed by atoms with Crippen molar-refractivity contribution < 1.29 is 14.5 Å². The number of hydrogen-bond donors (Lipinski definition) is 0. The maximum atomic E-state index is 12.5. The minimum Gasteiger partial charge on any atom is -0.380 e. The molecule has 0 saturated carbocycles. The molecule has 1 amide bonds. The summed E-state index contributed by atoms with van der Waals surface area (Å²) in [5.41, 5.74) is 1.94. The van der Waals surface area contributed by atoms with Crippen LogP contribution in [-0.2, 0) is 16.1 Å². The van der Waals surface area contributed by atoms with E-state index in [9.17, 15) is 14.9 Å². The van der Waals surface area contributed by atoms with Crippen LogP contribution in [0.3, 0.4) is 0 Å². The molecule has 0 aliphatic heterocycles. The number of aryl methyl sites for hydroxylation is 1. The molecule has 1 aromatic heterocycles. The molecule has 3 rings (SSSR count). The Hall–Kier alpha value is -2.49. The molecule has 3 aromatic rings. The molecule has 0 aliphatic rings. The van der Waals surface area contributed by atoms with Crippen LogP contribution in [-0.4, -0.2) is 34.4 Å². The molecule has 0 spiro atoms. The van der Waals surface area contributed by atoms with E-state index in [-0.39, 0.29) is 11.6 Å². The molecule has 164 valence electrons. The van der Waals surface area contributed by atoms with Crippen LogP contribution in [0.4, 0.5) is 5.69 Å². The average Bonchev–Trinajstić information content (AvgIpc) is 3.09. The van der Waals surface area contributed by atoms with Gasteiger partial charge in [0.25, 0.3) is 5.69 Å². The lowest BCUT2D eigenvalue weighted by atomic mass is 10.2. The molecule has 1 heterocycles. The number of ether oxygens (including phenoxy) is 1. The molecule has 0 atom stereocenters. The Kier molecular flexibility index (Phi) is 8.39. The van der Waals surface area contributed by atoms with E-state index in [0.717, 1.165) is 16.9 Å². The van der Waals surface area contributed by atoms with Gasteiger partial charge in [-0.1, -0.05) is 29.0 Å². The van der Waals surface area contributed by atoms with Gasteiger partial charge in [0.15, 0.2) is 4.80 Å². The molecule has 7 nitrogen and oxygen atoms in total. The van der Waals surface area contributed by atoms with Crippen molar-refractivity contribution in [1.82, 2.24) is 4.57 Å². The zero-order valence-electron chi connectivity index (χ0n) is 17.6. The molecule has 0 saturated heterocycles. The first kappa shape index (κ1) is 23.2. The van der Waals surface area contributed by atoms with Crippen molar-refractivity contribution in [2.75, 3.05) is 19.0 Å². The summed E-state index contributed by atoms with van der Waals surface area (Å²) in [7, 11) is 0. The average molecular weight is 460 g/mol.